The number of rotatable bonds is 19. The Morgan fingerprint density at radius 2 is 0.862 bits per heavy atom. The molecule has 4 nitrogen and oxygen atoms in total. The molecule has 0 unspecified atom stereocenters. The number of carboxylic acid groups (broad SMARTS) is 2. The van der Waals surface area contributed by atoms with Gasteiger partial charge in [0, 0.05) is 11.1 Å². The lowest BCUT2D eigenvalue weighted by Gasteiger charge is -2.04. The summed E-state index contributed by atoms with van der Waals surface area (Å²) in [7, 11) is 0. The Hall–Kier alpha value is -1.58. The fraction of sp³-hybridized carbons (Fsp3) is 0.760. The maximum absolute atomic E-state index is 10.6. The zero-order valence-electron chi connectivity index (χ0n) is 19.1. The largest absolute Gasteiger partial charge is 0.478 e. The van der Waals surface area contributed by atoms with Crippen LogP contribution < -0.4 is 0 Å². The monoisotopic (exact) mass is 410 g/mol. The van der Waals surface area contributed by atoms with Crippen LogP contribution in [0.2, 0.25) is 0 Å². The standard InChI is InChI=1S/C21H40O2.C4H6O2/c1-3-4-5-6-7-8-9-10-11-12-13-14-15-16-17-18-19-20(2)21(22)23;1-3(2)4(5)6/h2-19H2,1H3,(H,22,23);1H2,2H3,(H,5,6). The van der Waals surface area contributed by atoms with Crippen LogP contribution in [0.1, 0.15) is 123 Å². The van der Waals surface area contributed by atoms with Gasteiger partial charge in [0.05, 0.1) is 0 Å². The van der Waals surface area contributed by atoms with Crippen LogP contribution in [-0.2, 0) is 9.59 Å². The number of carbonyl (C=O) groups is 2. The van der Waals surface area contributed by atoms with Crippen LogP contribution in [0.4, 0.5) is 0 Å². The Morgan fingerprint density at radius 1 is 0.586 bits per heavy atom. The third kappa shape index (κ3) is 26.4. The molecule has 0 saturated carbocycles. The Kier molecular flexibility index (Phi) is 23.2. The second kappa shape index (κ2) is 22.7. The molecule has 2 N–H and O–H groups in total. The molecule has 0 saturated heterocycles. The van der Waals surface area contributed by atoms with E-state index in [0.717, 1.165) is 12.8 Å². The highest BCUT2D eigenvalue weighted by atomic mass is 16.4. The highest BCUT2D eigenvalue weighted by Gasteiger charge is 2.02. The number of hydrogen-bond donors (Lipinski definition) is 2. The van der Waals surface area contributed by atoms with E-state index in [0.29, 0.717) is 12.0 Å². The molecule has 0 aromatic rings. The number of hydrogen-bond acceptors (Lipinski definition) is 2. The number of unbranched alkanes of at least 4 members (excludes halogenated alkanes) is 15. The van der Waals surface area contributed by atoms with Crippen molar-refractivity contribution in [2.45, 2.75) is 123 Å². The van der Waals surface area contributed by atoms with Crippen LogP contribution >= 0.6 is 0 Å². The van der Waals surface area contributed by atoms with E-state index in [1.807, 2.05) is 0 Å². The zero-order chi connectivity index (χ0) is 22.3. The van der Waals surface area contributed by atoms with Crippen molar-refractivity contribution in [3.63, 3.8) is 0 Å². The van der Waals surface area contributed by atoms with Crippen molar-refractivity contribution in [1.29, 1.82) is 0 Å². The quantitative estimate of drug-likeness (QED) is 0.167. The Bertz CT molecular complexity index is 428. The van der Waals surface area contributed by atoms with Gasteiger partial charge in [-0.15, -0.1) is 0 Å². The second-order valence-electron chi connectivity index (χ2n) is 8.05. The van der Waals surface area contributed by atoms with E-state index < -0.39 is 11.9 Å². The first-order valence-corrected chi connectivity index (χ1v) is 11.6. The molecule has 0 bridgehead atoms. The highest BCUT2D eigenvalue weighted by molar-refractivity contribution is 5.85. The van der Waals surface area contributed by atoms with Gasteiger partial charge in [0.25, 0.3) is 0 Å². The van der Waals surface area contributed by atoms with Gasteiger partial charge in [0.1, 0.15) is 0 Å². The maximum atomic E-state index is 10.6. The summed E-state index contributed by atoms with van der Waals surface area (Å²) >= 11 is 0. The minimum Gasteiger partial charge on any atom is -0.478 e. The van der Waals surface area contributed by atoms with Crippen molar-refractivity contribution >= 4 is 11.9 Å². The summed E-state index contributed by atoms with van der Waals surface area (Å²) in [5.41, 5.74) is 0.533. The molecule has 0 aromatic heterocycles. The molecular formula is C25H46O4. The average Bonchev–Trinajstić information content (AvgIpc) is 2.67. The van der Waals surface area contributed by atoms with Crippen LogP contribution in [0.15, 0.2) is 24.3 Å². The van der Waals surface area contributed by atoms with Gasteiger partial charge in [-0.2, -0.15) is 0 Å². The molecule has 0 spiro atoms. The van der Waals surface area contributed by atoms with E-state index in [1.54, 1.807) is 0 Å². The van der Waals surface area contributed by atoms with Crippen molar-refractivity contribution in [3.8, 4) is 0 Å². The lowest BCUT2D eigenvalue weighted by atomic mass is 10.0. The van der Waals surface area contributed by atoms with Gasteiger partial charge in [0.2, 0.25) is 0 Å². The van der Waals surface area contributed by atoms with E-state index >= 15 is 0 Å². The van der Waals surface area contributed by atoms with Crippen LogP contribution in [0.5, 0.6) is 0 Å². The van der Waals surface area contributed by atoms with E-state index in [2.05, 4.69) is 20.1 Å². The molecule has 0 amide bonds. The third-order valence-corrected chi connectivity index (χ3v) is 5.00. The maximum Gasteiger partial charge on any atom is 0.330 e. The smallest absolute Gasteiger partial charge is 0.330 e. The molecule has 4 heteroatoms. The fourth-order valence-electron chi connectivity index (χ4n) is 2.99. The van der Waals surface area contributed by atoms with E-state index in [4.69, 9.17) is 10.2 Å². The highest BCUT2D eigenvalue weighted by Crippen LogP contribution is 2.14. The predicted molar refractivity (Wildman–Crippen MR) is 123 cm³/mol. The van der Waals surface area contributed by atoms with Gasteiger partial charge >= 0.3 is 11.9 Å². The van der Waals surface area contributed by atoms with Crippen molar-refractivity contribution < 1.29 is 19.8 Å². The summed E-state index contributed by atoms with van der Waals surface area (Å²) in [5, 5.41) is 16.6. The van der Waals surface area contributed by atoms with Gasteiger partial charge in [-0.1, -0.05) is 116 Å². The lowest BCUT2D eigenvalue weighted by Crippen LogP contribution is -1.98. The molecule has 0 aliphatic carbocycles. The van der Waals surface area contributed by atoms with Gasteiger partial charge in [-0.05, 0) is 19.8 Å². The molecule has 0 aromatic carbocycles. The van der Waals surface area contributed by atoms with E-state index in [-0.39, 0.29) is 5.57 Å². The van der Waals surface area contributed by atoms with Crippen molar-refractivity contribution in [2.75, 3.05) is 0 Å². The average molecular weight is 411 g/mol. The molecular weight excluding hydrogens is 364 g/mol. The number of carboxylic acids is 2. The molecule has 0 aliphatic heterocycles. The topological polar surface area (TPSA) is 74.6 Å². The van der Waals surface area contributed by atoms with Crippen molar-refractivity contribution in [1.82, 2.24) is 0 Å². The summed E-state index contributed by atoms with van der Waals surface area (Å²) in [6.07, 6.45) is 22.2. The lowest BCUT2D eigenvalue weighted by molar-refractivity contribution is -0.133. The third-order valence-electron chi connectivity index (χ3n) is 5.00. The molecule has 0 heterocycles. The van der Waals surface area contributed by atoms with Gasteiger partial charge in [-0.3, -0.25) is 0 Å². The summed E-state index contributed by atoms with van der Waals surface area (Å²) in [6, 6.07) is 0. The molecule has 0 rings (SSSR count). The van der Waals surface area contributed by atoms with E-state index in [9.17, 15) is 9.59 Å². The Balaban J connectivity index is 0. The van der Waals surface area contributed by atoms with Crippen LogP contribution in [0.3, 0.4) is 0 Å². The Labute approximate surface area is 179 Å². The van der Waals surface area contributed by atoms with Crippen molar-refractivity contribution in [2.24, 2.45) is 0 Å². The first-order valence-electron chi connectivity index (χ1n) is 11.6. The van der Waals surface area contributed by atoms with Gasteiger partial charge < -0.3 is 10.2 Å². The normalized spacial score (nSPS) is 10.1. The molecule has 0 radical (unpaired) electrons. The van der Waals surface area contributed by atoms with Crippen LogP contribution in [0.25, 0.3) is 0 Å². The molecule has 0 fully saturated rings. The Morgan fingerprint density at radius 3 is 1.10 bits per heavy atom. The minimum atomic E-state index is -0.935. The van der Waals surface area contributed by atoms with Crippen LogP contribution in [0, 0.1) is 0 Å². The molecule has 0 atom stereocenters. The molecule has 29 heavy (non-hydrogen) atoms. The summed E-state index contributed by atoms with van der Waals surface area (Å²) in [4.78, 5) is 20.2. The predicted octanol–water partition coefficient (Wildman–Crippen LogP) is 7.93. The SMILES string of the molecule is C=C(C)C(=O)O.C=C(CCCCCCCCCCCCCCCCCC)C(=O)O. The molecule has 0 aliphatic rings. The molecule has 170 valence electrons. The first-order chi connectivity index (χ1) is 13.8. The summed E-state index contributed by atoms with van der Waals surface area (Å²) < 4.78 is 0. The van der Waals surface area contributed by atoms with Crippen LogP contribution in [-0.4, -0.2) is 22.2 Å². The summed E-state index contributed by atoms with van der Waals surface area (Å²) in [5.74, 6) is -1.78. The first kappa shape index (κ1) is 29.6. The summed E-state index contributed by atoms with van der Waals surface area (Å²) in [6.45, 7) is 10.4. The minimum absolute atomic E-state index is 0.176. The second-order valence-corrected chi connectivity index (χ2v) is 8.05. The number of aliphatic carboxylic acids is 2. The van der Waals surface area contributed by atoms with Gasteiger partial charge in [-0.25, -0.2) is 9.59 Å². The fourth-order valence-corrected chi connectivity index (χ4v) is 2.99. The van der Waals surface area contributed by atoms with E-state index in [1.165, 1.54) is 96.8 Å². The van der Waals surface area contributed by atoms with Gasteiger partial charge in [0.15, 0.2) is 0 Å². The van der Waals surface area contributed by atoms with Crippen molar-refractivity contribution in [3.05, 3.63) is 24.3 Å². The zero-order valence-corrected chi connectivity index (χ0v) is 19.1.